The van der Waals surface area contributed by atoms with Gasteiger partial charge in [-0.05, 0) is 47.9 Å². The van der Waals surface area contributed by atoms with Crippen LogP contribution >= 0.6 is 11.3 Å². The third-order valence-corrected chi connectivity index (χ3v) is 4.05. The van der Waals surface area contributed by atoms with E-state index in [0.717, 1.165) is 15.3 Å². The Morgan fingerprint density at radius 2 is 2.00 bits per heavy atom. The summed E-state index contributed by atoms with van der Waals surface area (Å²) >= 11 is 1.56. The molecule has 1 aromatic carbocycles. The Morgan fingerprint density at radius 3 is 2.67 bits per heavy atom. The Hall–Kier alpha value is -3.13. The summed E-state index contributed by atoms with van der Waals surface area (Å²) in [6.07, 6.45) is 3.40. The number of methoxy groups -OCH3 is 1. The summed E-state index contributed by atoms with van der Waals surface area (Å²) in [4.78, 5) is 13.3. The van der Waals surface area contributed by atoms with Crippen molar-refractivity contribution in [3.8, 4) is 5.75 Å². The number of rotatable bonds is 5. The largest absolute Gasteiger partial charge is 0.497 e. The molecule has 0 amide bonds. The van der Waals surface area contributed by atoms with Crippen LogP contribution in [0.5, 0.6) is 5.75 Å². The molecular formula is C16H15N5O2S. The van der Waals surface area contributed by atoms with Crippen LogP contribution in [0, 0.1) is 0 Å². The Morgan fingerprint density at radius 1 is 1.21 bits per heavy atom. The van der Waals surface area contributed by atoms with E-state index < -0.39 is 5.56 Å². The molecule has 7 nitrogen and oxygen atoms in total. The van der Waals surface area contributed by atoms with Crippen molar-refractivity contribution in [3.05, 3.63) is 62.7 Å². The molecule has 24 heavy (non-hydrogen) atoms. The average molecular weight is 341 g/mol. The van der Waals surface area contributed by atoms with E-state index in [2.05, 4.69) is 15.5 Å². The molecular weight excluding hydrogens is 326 g/mol. The topological polar surface area (TPSA) is 95.1 Å². The predicted octanol–water partition coefficient (Wildman–Crippen LogP) is 2.34. The quantitative estimate of drug-likeness (QED) is 0.692. The zero-order valence-electron chi connectivity index (χ0n) is 12.8. The minimum atomic E-state index is -0.436. The van der Waals surface area contributed by atoms with Crippen molar-refractivity contribution >= 4 is 35.1 Å². The fourth-order valence-corrected chi connectivity index (χ4v) is 2.57. The SMILES string of the molecule is COc1ccc(Nc2nnc(C=Cc3cccs3)c(=O)n2N)cc1. The van der Waals surface area contributed by atoms with Crippen LogP contribution in [0.1, 0.15) is 10.6 Å². The van der Waals surface area contributed by atoms with Gasteiger partial charge in [-0.1, -0.05) is 6.07 Å². The molecule has 3 aromatic rings. The molecule has 0 fully saturated rings. The Kier molecular flexibility index (Phi) is 4.57. The van der Waals surface area contributed by atoms with Crippen LogP contribution in [0.3, 0.4) is 0 Å². The molecule has 0 aliphatic rings. The van der Waals surface area contributed by atoms with Crippen LogP contribution in [0.2, 0.25) is 0 Å². The summed E-state index contributed by atoms with van der Waals surface area (Å²) in [7, 11) is 1.59. The van der Waals surface area contributed by atoms with Crippen LogP contribution in [-0.4, -0.2) is 22.0 Å². The number of ether oxygens (including phenoxy) is 1. The molecule has 3 N–H and O–H groups in total. The van der Waals surface area contributed by atoms with Crippen molar-refractivity contribution in [2.45, 2.75) is 0 Å². The van der Waals surface area contributed by atoms with Gasteiger partial charge in [-0.2, -0.15) is 4.68 Å². The summed E-state index contributed by atoms with van der Waals surface area (Å²) in [5, 5.41) is 12.8. The van der Waals surface area contributed by atoms with Crippen LogP contribution in [0.25, 0.3) is 12.2 Å². The van der Waals surface area contributed by atoms with Crippen molar-refractivity contribution in [3.63, 3.8) is 0 Å². The predicted molar refractivity (Wildman–Crippen MR) is 96.0 cm³/mol. The molecule has 0 bridgehead atoms. The molecule has 0 unspecified atom stereocenters. The maximum Gasteiger partial charge on any atom is 0.299 e. The van der Waals surface area contributed by atoms with Crippen LogP contribution < -0.4 is 21.5 Å². The van der Waals surface area contributed by atoms with Gasteiger partial charge in [-0.15, -0.1) is 21.5 Å². The third kappa shape index (κ3) is 3.44. The second-order valence-corrected chi connectivity index (χ2v) is 5.77. The summed E-state index contributed by atoms with van der Waals surface area (Å²) in [5.74, 6) is 6.70. The van der Waals surface area contributed by atoms with Gasteiger partial charge in [0.15, 0.2) is 5.69 Å². The fraction of sp³-hybridized carbons (Fsp3) is 0.0625. The van der Waals surface area contributed by atoms with Crippen molar-refractivity contribution in [1.29, 1.82) is 0 Å². The van der Waals surface area contributed by atoms with E-state index in [-0.39, 0.29) is 11.6 Å². The summed E-state index contributed by atoms with van der Waals surface area (Å²) in [6.45, 7) is 0. The standard InChI is InChI=1S/C16H15N5O2S/c1-23-12-6-4-11(5-7-12)18-16-20-19-14(15(22)21(16)17)9-8-13-3-2-10-24-13/h2-10H,17H2,1H3,(H,18,20). The van der Waals surface area contributed by atoms with Crippen molar-refractivity contribution < 1.29 is 4.74 Å². The van der Waals surface area contributed by atoms with E-state index in [0.29, 0.717) is 5.69 Å². The van der Waals surface area contributed by atoms with Gasteiger partial charge < -0.3 is 15.9 Å². The van der Waals surface area contributed by atoms with Crippen molar-refractivity contribution in [2.24, 2.45) is 0 Å². The van der Waals surface area contributed by atoms with Gasteiger partial charge in [0.2, 0.25) is 5.95 Å². The highest BCUT2D eigenvalue weighted by Crippen LogP contribution is 2.17. The Bertz CT molecular complexity index is 901. The van der Waals surface area contributed by atoms with Crippen LogP contribution in [0.15, 0.2) is 46.6 Å². The van der Waals surface area contributed by atoms with Gasteiger partial charge in [0, 0.05) is 10.6 Å². The number of benzene rings is 1. The van der Waals surface area contributed by atoms with Crippen molar-refractivity contribution in [2.75, 3.05) is 18.3 Å². The van der Waals surface area contributed by atoms with Crippen molar-refractivity contribution in [1.82, 2.24) is 14.9 Å². The zero-order valence-corrected chi connectivity index (χ0v) is 13.7. The van der Waals surface area contributed by atoms with E-state index in [4.69, 9.17) is 10.6 Å². The molecule has 0 spiro atoms. The molecule has 2 heterocycles. The zero-order chi connectivity index (χ0) is 16.9. The van der Waals surface area contributed by atoms with E-state index in [9.17, 15) is 4.79 Å². The Labute approximate surface area is 142 Å². The lowest BCUT2D eigenvalue weighted by atomic mass is 10.3. The normalized spacial score (nSPS) is 10.9. The number of hydrogen-bond acceptors (Lipinski definition) is 7. The van der Waals surface area contributed by atoms with Gasteiger partial charge in [-0.3, -0.25) is 4.79 Å². The van der Waals surface area contributed by atoms with Crippen LogP contribution in [-0.2, 0) is 0 Å². The van der Waals surface area contributed by atoms with E-state index in [1.807, 2.05) is 17.5 Å². The minimum Gasteiger partial charge on any atom is -0.497 e. The lowest BCUT2D eigenvalue weighted by molar-refractivity contribution is 0.415. The second kappa shape index (κ2) is 6.97. The molecule has 0 saturated heterocycles. The molecule has 122 valence electrons. The first-order valence-electron chi connectivity index (χ1n) is 7.05. The first kappa shape index (κ1) is 15.8. The first-order chi connectivity index (χ1) is 11.7. The number of nitrogens with zero attached hydrogens (tertiary/aromatic N) is 3. The Balaban J connectivity index is 1.82. The number of nitrogen functional groups attached to an aromatic ring is 1. The number of anilines is 2. The van der Waals surface area contributed by atoms with Crippen LogP contribution in [0.4, 0.5) is 11.6 Å². The lowest BCUT2D eigenvalue weighted by Crippen LogP contribution is -2.32. The summed E-state index contributed by atoms with van der Waals surface area (Å²) in [6, 6.07) is 11.0. The molecule has 2 aromatic heterocycles. The van der Waals surface area contributed by atoms with E-state index in [1.54, 1.807) is 54.9 Å². The van der Waals surface area contributed by atoms with Gasteiger partial charge in [0.1, 0.15) is 5.75 Å². The van der Waals surface area contributed by atoms with E-state index in [1.165, 1.54) is 0 Å². The highest BCUT2D eigenvalue weighted by atomic mass is 32.1. The molecule has 0 aliphatic carbocycles. The molecule has 8 heteroatoms. The number of nitrogens with two attached hydrogens (primary N) is 1. The third-order valence-electron chi connectivity index (χ3n) is 3.21. The first-order valence-corrected chi connectivity index (χ1v) is 7.93. The number of hydrogen-bond donors (Lipinski definition) is 2. The summed E-state index contributed by atoms with van der Waals surface area (Å²) < 4.78 is 6.03. The fourth-order valence-electron chi connectivity index (χ4n) is 1.95. The van der Waals surface area contributed by atoms with Gasteiger partial charge in [0.25, 0.3) is 5.56 Å². The summed E-state index contributed by atoms with van der Waals surface area (Å²) in [5.41, 5.74) is 0.450. The number of aromatic nitrogens is 3. The maximum atomic E-state index is 12.3. The highest BCUT2D eigenvalue weighted by molar-refractivity contribution is 7.10. The number of nitrogens with one attached hydrogen (secondary N) is 1. The monoisotopic (exact) mass is 341 g/mol. The van der Waals surface area contributed by atoms with Gasteiger partial charge in [0.05, 0.1) is 7.11 Å². The minimum absolute atomic E-state index is 0.151. The molecule has 0 saturated carbocycles. The smallest absolute Gasteiger partial charge is 0.299 e. The van der Waals surface area contributed by atoms with Gasteiger partial charge >= 0.3 is 0 Å². The van der Waals surface area contributed by atoms with Gasteiger partial charge in [-0.25, -0.2) is 0 Å². The highest BCUT2D eigenvalue weighted by Gasteiger charge is 2.08. The van der Waals surface area contributed by atoms with E-state index >= 15 is 0 Å². The average Bonchev–Trinajstić information content (AvgIpc) is 3.12. The lowest BCUT2D eigenvalue weighted by Gasteiger charge is -2.09. The molecule has 0 radical (unpaired) electrons. The molecule has 3 rings (SSSR count). The second-order valence-electron chi connectivity index (χ2n) is 4.79. The molecule has 0 atom stereocenters. The molecule has 0 aliphatic heterocycles. The maximum absolute atomic E-state index is 12.3. The number of thiophene rings is 1.